The lowest BCUT2D eigenvalue weighted by Crippen LogP contribution is -2.40. The molecule has 2 aromatic carbocycles. The lowest BCUT2D eigenvalue weighted by molar-refractivity contribution is -0.187. The Balaban J connectivity index is 1.84. The fraction of sp³-hybridized carbons (Fsp3) is 0.211. The summed E-state index contributed by atoms with van der Waals surface area (Å²) < 4.78 is 44.2. The summed E-state index contributed by atoms with van der Waals surface area (Å²) in [5.41, 5.74) is 1.48. The van der Waals surface area contributed by atoms with Gasteiger partial charge in [-0.15, -0.1) is 0 Å². The molecule has 0 spiro atoms. The molecule has 6 heteroatoms. The molecule has 1 atom stereocenters. The lowest BCUT2D eigenvalue weighted by atomic mass is 9.98. The van der Waals surface area contributed by atoms with Gasteiger partial charge in [0.1, 0.15) is 5.75 Å². The van der Waals surface area contributed by atoms with Gasteiger partial charge in [-0.25, -0.2) is 4.79 Å². The molecular weight excluding hydrogens is 333 g/mol. The van der Waals surface area contributed by atoms with Gasteiger partial charge < -0.3 is 9.84 Å². The van der Waals surface area contributed by atoms with E-state index in [-0.39, 0.29) is 5.75 Å². The molecule has 3 rings (SSSR count). The van der Waals surface area contributed by atoms with Crippen molar-refractivity contribution in [2.24, 2.45) is 0 Å². The van der Waals surface area contributed by atoms with Gasteiger partial charge in [-0.3, -0.25) is 0 Å². The number of hydrogen-bond acceptors (Lipinski definition) is 2. The van der Waals surface area contributed by atoms with Crippen LogP contribution in [0.5, 0.6) is 5.75 Å². The van der Waals surface area contributed by atoms with Crippen molar-refractivity contribution in [2.75, 3.05) is 0 Å². The fourth-order valence-electron chi connectivity index (χ4n) is 2.74. The van der Waals surface area contributed by atoms with E-state index in [4.69, 9.17) is 9.84 Å². The van der Waals surface area contributed by atoms with Crippen LogP contribution >= 0.6 is 0 Å². The van der Waals surface area contributed by atoms with E-state index in [1.54, 1.807) is 18.2 Å². The molecule has 1 aliphatic rings. The maximum atomic E-state index is 13.1. The third kappa shape index (κ3) is 3.84. The second-order valence-electron chi connectivity index (χ2n) is 5.80. The molecule has 2 aromatic rings. The summed E-state index contributed by atoms with van der Waals surface area (Å²) in [6, 6.07) is 14.6. The first-order valence-corrected chi connectivity index (χ1v) is 7.70. The summed E-state index contributed by atoms with van der Waals surface area (Å²) in [4.78, 5) is 11.1. The summed E-state index contributed by atoms with van der Waals surface area (Å²) in [6.45, 7) is 0. The summed E-state index contributed by atoms with van der Waals surface area (Å²) in [7, 11) is 0. The zero-order valence-corrected chi connectivity index (χ0v) is 13.1. The van der Waals surface area contributed by atoms with Gasteiger partial charge in [0, 0.05) is 5.56 Å². The number of carboxylic acids is 1. The van der Waals surface area contributed by atoms with Gasteiger partial charge in [-0.05, 0) is 36.1 Å². The van der Waals surface area contributed by atoms with E-state index in [2.05, 4.69) is 0 Å². The monoisotopic (exact) mass is 348 g/mol. The van der Waals surface area contributed by atoms with E-state index < -0.39 is 23.8 Å². The van der Waals surface area contributed by atoms with Crippen LogP contribution in [0.1, 0.15) is 16.7 Å². The Bertz CT molecular complexity index is 810. The van der Waals surface area contributed by atoms with Crippen LogP contribution in [0.2, 0.25) is 0 Å². The molecule has 25 heavy (non-hydrogen) atoms. The quantitative estimate of drug-likeness (QED) is 0.898. The summed E-state index contributed by atoms with van der Waals surface area (Å²) in [6.07, 6.45) is -4.82. The molecule has 1 aliphatic heterocycles. The lowest BCUT2D eigenvalue weighted by Gasteiger charge is -2.27. The molecule has 0 bridgehead atoms. The number of carbonyl (C=O) groups is 1. The van der Waals surface area contributed by atoms with Gasteiger partial charge in [-0.1, -0.05) is 42.5 Å². The minimum absolute atomic E-state index is 0.0536. The average Bonchev–Trinajstić information content (AvgIpc) is 2.58. The van der Waals surface area contributed by atoms with Gasteiger partial charge in [-0.2, -0.15) is 13.2 Å². The van der Waals surface area contributed by atoms with Crippen LogP contribution in [-0.4, -0.2) is 23.4 Å². The molecule has 0 radical (unpaired) electrons. The summed E-state index contributed by atoms with van der Waals surface area (Å²) >= 11 is 0. The van der Waals surface area contributed by atoms with Gasteiger partial charge in [0.15, 0.2) is 0 Å². The number of aryl methyl sites for hydroxylation is 2. The normalized spacial score (nSPS) is 16.6. The highest BCUT2D eigenvalue weighted by Crippen LogP contribution is 2.37. The highest BCUT2D eigenvalue weighted by molar-refractivity contribution is 5.95. The summed E-state index contributed by atoms with van der Waals surface area (Å²) in [5.74, 6) is -1.58. The predicted molar refractivity (Wildman–Crippen MR) is 86.4 cm³/mol. The van der Waals surface area contributed by atoms with E-state index in [9.17, 15) is 18.0 Å². The molecule has 1 heterocycles. The van der Waals surface area contributed by atoms with Gasteiger partial charge >= 0.3 is 12.1 Å². The van der Waals surface area contributed by atoms with Gasteiger partial charge in [0.2, 0.25) is 6.10 Å². The highest BCUT2D eigenvalue weighted by Gasteiger charge is 2.48. The number of rotatable bonds is 4. The SMILES string of the molecule is O=C(O)C1=Cc2ccc(CCc3ccccc3)cc2OC1C(F)(F)F. The molecule has 0 fully saturated rings. The Kier molecular flexibility index (Phi) is 4.53. The molecule has 0 aromatic heterocycles. The van der Waals surface area contributed by atoms with Gasteiger partial charge in [0.25, 0.3) is 0 Å². The van der Waals surface area contributed by atoms with E-state index in [0.717, 1.165) is 23.6 Å². The smallest absolute Gasteiger partial charge is 0.430 e. The number of carboxylic acid groups (broad SMARTS) is 1. The molecule has 0 saturated heterocycles. The zero-order chi connectivity index (χ0) is 18.0. The average molecular weight is 348 g/mol. The van der Waals surface area contributed by atoms with E-state index >= 15 is 0 Å². The standard InChI is InChI=1S/C19H15F3O3/c20-19(21,22)17-15(18(23)24)11-14-9-8-13(10-16(14)25-17)7-6-12-4-2-1-3-5-12/h1-5,8-11,17H,6-7H2,(H,23,24). The summed E-state index contributed by atoms with van der Waals surface area (Å²) in [5, 5.41) is 9.01. The van der Waals surface area contributed by atoms with Crippen LogP contribution in [0, 0.1) is 0 Å². The van der Waals surface area contributed by atoms with Crippen LogP contribution in [0.3, 0.4) is 0 Å². The van der Waals surface area contributed by atoms with E-state index in [0.29, 0.717) is 12.0 Å². The maximum Gasteiger partial charge on any atom is 0.430 e. The van der Waals surface area contributed by atoms with Gasteiger partial charge in [0.05, 0.1) is 5.57 Å². The number of benzene rings is 2. The number of ether oxygens (including phenoxy) is 1. The second-order valence-corrected chi connectivity index (χ2v) is 5.80. The molecule has 3 nitrogen and oxygen atoms in total. The van der Waals surface area contributed by atoms with Crippen LogP contribution in [0.25, 0.3) is 6.08 Å². The van der Waals surface area contributed by atoms with E-state index in [1.165, 1.54) is 0 Å². The predicted octanol–water partition coefficient (Wildman–Crippen LogP) is 4.26. The molecular formula is C19H15F3O3. The number of alkyl halides is 3. The van der Waals surface area contributed by atoms with Crippen molar-refractivity contribution in [1.82, 2.24) is 0 Å². The number of aliphatic carboxylic acids is 1. The topological polar surface area (TPSA) is 46.5 Å². The molecule has 130 valence electrons. The Morgan fingerprint density at radius 2 is 1.72 bits per heavy atom. The van der Waals surface area contributed by atoms with Crippen molar-refractivity contribution in [3.8, 4) is 5.75 Å². The van der Waals surface area contributed by atoms with Crippen LogP contribution in [0.4, 0.5) is 13.2 Å². The maximum absolute atomic E-state index is 13.1. The number of halogens is 3. The first-order chi connectivity index (χ1) is 11.8. The Morgan fingerprint density at radius 1 is 1.04 bits per heavy atom. The van der Waals surface area contributed by atoms with Crippen molar-refractivity contribution >= 4 is 12.0 Å². The zero-order valence-electron chi connectivity index (χ0n) is 13.1. The first-order valence-electron chi connectivity index (χ1n) is 7.70. The van der Waals surface area contributed by atoms with Crippen molar-refractivity contribution in [1.29, 1.82) is 0 Å². The minimum Gasteiger partial charge on any atom is -0.478 e. The Labute approximate surface area is 142 Å². The second kappa shape index (κ2) is 6.63. The third-order valence-electron chi connectivity index (χ3n) is 4.01. The molecule has 0 saturated carbocycles. The number of hydrogen-bond donors (Lipinski definition) is 1. The molecule has 0 aliphatic carbocycles. The number of fused-ring (bicyclic) bond motifs is 1. The van der Waals surface area contributed by atoms with Crippen molar-refractivity contribution in [3.05, 3.63) is 70.8 Å². The highest BCUT2D eigenvalue weighted by atomic mass is 19.4. The Morgan fingerprint density at radius 3 is 2.36 bits per heavy atom. The minimum atomic E-state index is -4.79. The van der Waals surface area contributed by atoms with Crippen LogP contribution in [-0.2, 0) is 17.6 Å². The van der Waals surface area contributed by atoms with Crippen molar-refractivity contribution in [3.63, 3.8) is 0 Å². The van der Waals surface area contributed by atoms with Crippen LogP contribution < -0.4 is 4.74 Å². The fourth-order valence-corrected chi connectivity index (χ4v) is 2.74. The van der Waals surface area contributed by atoms with Crippen molar-refractivity contribution < 1.29 is 27.8 Å². The van der Waals surface area contributed by atoms with Crippen molar-refractivity contribution in [2.45, 2.75) is 25.1 Å². The third-order valence-corrected chi connectivity index (χ3v) is 4.01. The molecule has 0 amide bonds. The van der Waals surface area contributed by atoms with E-state index in [1.807, 2.05) is 30.3 Å². The molecule has 1 N–H and O–H groups in total. The van der Waals surface area contributed by atoms with Crippen LogP contribution in [0.15, 0.2) is 54.1 Å². The first kappa shape index (κ1) is 17.1. The Hall–Kier alpha value is -2.76. The molecule has 1 unspecified atom stereocenters. The largest absolute Gasteiger partial charge is 0.478 e.